The van der Waals surface area contributed by atoms with Crippen LogP contribution in [-0.2, 0) is 0 Å². The highest BCUT2D eigenvalue weighted by Gasteiger charge is 2.28. The molecule has 0 unspecified atom stereocenters. The van der Waals surface area contributed by atoms with Crippen molar-refractivity contribution in [2.45, 2.75) is 0 Å². The van der Waals surface area contributed by atoms with E-state index in [0.29, 0.717) is 22.3 Å². The van der Waals surface area contributed by atoms with Gasteiger partial charge in [0.15, 0.2) is 11.6 Å². The van der Waals surface area contributed by atoms with Crippen LogP contribution in [0.3, 0.4) is 0 Å². The molecule has 4 heteroatoms. The highest BCUT2D eigenvalue weighted by Crippen LogP contribution is 2.42. The van der Waals surface area contributed by atoms with Gasteiger partial charge in [0.25, 0.3) is 0 Å². The maximum Gasteiger partial charge on any atom is 0.194 e. The molecule has 0 heterocycles. The molecule has 0 saturated heterocycles. The summed E-state index contributed by atoms with van der Waals surface area (Å²) in [4.78, 5) is 24.2. The molecule has 6 rings (SSSR count). The second kappa shape index (κ2) is 8.83. The average molecular weight is 447 g/mol. The van der Waals surface area contributed by atoms with E-state index in [1.807, 2.05) is 24.3 Å². The summed E-state index contributed by atoms with van der Waals surface area (Å²) in [5.74, 6) is 1.68. The van der Waals surface area contributed by atoms with Crippen LogP contribution < -0.4 is 9.47 Å². The Bertz CT molecular complexity index is 1340. The Labute approximate surface area is 197 Å². The Balaban J connectivity index is 0.000000142. The van der Waals surface area contributed by atoms with E-state index in [0.717, 1.165) is 33.0 Å². The van der Waals surface area contributed by atoms with E-state index in [9.17, 15) is 9.59 Å². The fourth-order valence-corrected chi connectivity index (χ4v) is 4.54. The Morgan fingerprint density at radius 3 is 0.882 bits per heavy atom. The molecule has 4 nitrogen and oxygen atoms in total. The fraction of sp³-hybridized carbons (Fsp3) is 0.0667. The molecule has 0 amide bonds. The van der Waals surface area contributed by atoms with Gasteiger partial charge in [0, 0.05) is 43.8 Å². The summed E-state index contributed by atoms with van der Waals surface area (Å²) in [6, 6.07) is 30.2. The van der Waals surface area contributed by atoms with Gasteiger partial charge in [-0.15, -0.1) is 0 Å². The summed E-state index contributed by atoms with van der Waals surface area (Å²) < 4.78 is 11.2. The molecule has 0 spiro atoms. The van der Waals surface area contributed by atoms with Crippen LogP contribution >= 0.6 is 0 Å². The van der Waals surface area contributed by atoms with Crippen LogP contribution in [0.2, 0.25) is 0 Å². The number of carbonyl (C=O) groups is 2. The molecule has 166 valence electrons. The molecule has 0 saturated carbocycles. The Morgan fingerprint density at radius 1 is 0.412 bits per heavy atom. The third kappa shape index (κ3) is 3.41. The third-order valence-electron chi connectivity index (χ3n) is 6.07. The molecule has 0 bridgehead atoms. The van der Waals surface area contributed by atoms with Gasteiger partial charge in [-0.2, -0.15) is 0 Å². The van der Waals surface area contributed by atoms with Crippen molar-refractivity contribution in [3.05, 3.63) is 119 Å². The van der Waals surface area contributed by atoms with Crippen LogP contribution in [0.25, 0.3) is 21.5 Å². The van der Waals surface area contributed by atoms with Crippen molar-refractivity contribution in [3.63, 3.8) is 0 Å². The lowest BCUT2D eigenvalue weighted by molar-refractivity contribution is 0.0979. The molecule has 0 aromatic heterocycles. The lowest BCUT2D eigenvalue weighted by Gasteiger charge is -2.16. The molecule has 0 atom stereocenters. The normalized spacial score (nSPS) is 11.9. The molecule has 0 radical (unpaired) electrons. The number of ketones is 2. The second-order valence-corrected chi connectivity index (χ2v) is 7.91. The van der Waals surface area contributed by atoms with Crippen LogP contribution in [0.4, 0.5) is 0 Å². The SMILES string of the molecule is COc1c2ccccc2c(OC)c2ccccc12.O=C1c2ccccc2C(=O)c2ccccc21. The van der Waals surface area contributed by atoms with Crippen molar-refractivity contribution in [3.8, 4) is 11.5 Å². The van der Waals surface area contributed by atoms with Gasteiger partial charge in [0.05, 0.1) is 14.2 Å². The van der Waals surface area contributed by atoms with Crippen LogP contribution in [0.15, 0.2) is 97.1 Å². The number of hydrogen-bond donors (Lipinski definition) is 0. The number of carbonyl (C=O) groups excluding carboxylic acids is 2. The van der Waals surface area contributed by atoms with Gasteiger partial charge in [-0.05, 0) is 0 Å². The molecule has 0 aliphatic heterocycles. The minimum Gasteiger partial charge on any atom is -0.495 e. The van der Waals surface area contributed by atoms with Crippen molar-refractivity contribution in [2.75, 3.05) is 14.2 Å². The number of rotatable bonds is 2. The largest absolute Gasteiger partial charge is 0.495 e. The molecule has 1 aliphatic carbocycles. The fourth-order valence-electron chi connectivity index (χ4n) is 4.54. The quantitative estimate of drug-likeness (QED) is 0.286. The third-order valence-corrected chi connectivity index (χ3v) is 6.07. The van der Waals surface area contributed by atoms with Gasteiger partial charge in [0.1, 0.15) is 11.5 Å². The van der Waals surface area contributed by atoms with E-state index in [4.69, 9.17) is 9.47 Å². The first-order valence-electron chi connectivity index (χ1n) is 10.9. The van der Waals surface area contributed by atoms with E-state index in [-0.39, 0.29) is 11.6 Å². The summed E-state index contributed by atoms with van der Waals surface area (Å²) >= 11 is 0. The summed E-state index contributed by atoms with van der Waals surface area (Å²) in [6.07, 6.45) is 0. The number of benzene rings is 5. The van der Waals surface area contributed by atoms with Crippen LogP contribution in [0.1, 0.15) is 31.8 Å². The molecule has 0 fully saturated rings. The smallest absolute Gasteiger partial charge is 0.194 e. The summed E-state index contributed by atoms with van der Waals surface area (Å²) in [7, 11) is 3.42. The minimum atomic E-state index is -0.0641. The highest BCUT2D eigenvalue weighted by atomic mass is 16.5. The van der Waals surface area contributed by atoms with Gasteiger partial charge in [-0.3, -0.25) is 9.59 Å². The van der Waals surface area contributed by atoms with E-state index in [2.05, 4.69) is 24.3 Å². The summed E-state index contributed by atoms with van der Waals surface area (Å²) in [5, 5.41) is 4.32. The van der Waals surface area contributed by atoms with Crippen molar-refractivity contribution >= 4 is 33.1 Å². The van der Waals surface area contributed by atoms with Gasteiger partial charge in [-0.25, -0.2) is 0 Å². The van der Waals surface area contributed by atoms with E-state index in [1.54, 1.807) is 62.8 Å². The average Bonchev–Trinajstić information content (AvgIpc) is 2.90. The van der Waals surface area contributed by atoms with Gasteiger partial charge in [-0.1, -0.05) is 97.1 Å². The topological polar surface area (TPSA) is 52.6 Å². The molecule has 5 aromatic carbocycles. The number of ether oxygens (including phenoxy) is 2. The van der Waals surface area contributed by atoms with Crippen LogP contribution in [0.5, 0.6) is 11.5 Å². The van der Waals surface area contributed by atoms with E-state index in [1.165, 1.54) is 0 Å². The van der Waals surface area contributed by atoms with Gasteiger partial charge < -0.3 is 9.47 Å². The molecular formula is C30H22O4. The first-order valence-corrected chi connectivity index (χ1v) is 10.9. The lowest BCUT2D eigenvalue weighted by atomic mass is 9.84. The highest BCUT2D eigenvalue weighted by molar-refractivity contribution is 6.28. The Hall–Kier alpha value is -4.44. The summed E-state index contributed by atoms with van der Waals surface area (Å²) in [5.41, 5.74) is 2.02. The van der Waals surface area contributed by atoms with E-state index >= 15 is 0 Å². The van der Waals surface area contributed by atoms with Crippen molar-refractivity contribution in [1.29, 1.82) is 0 Å². The first-order chi connectivity index (χ1) is 16.7. The zero-order valence-corrected chi connectivity index (χ0v) is 18.9. The molecule has 5 aromatic rings. The maximum absolute atomic E-state index is 12.1. The monoisotopic (exact) mass is 446 g/mol. The zero-order chi connectivity index (χ0) is 23.7. The van der Waals surface area contributed by atoms with Crippen molar-refractivity contribution < 1.29 is 19.1 Å². The standard InChI is InChI=1S/C16H14O2.C14H8O2/c1-17-15-11-7-3-5-9-13(11)16(18-2)14-10-6-4-8-12(14)15;15-13-9-5-1-2-6-10(9)14(16)12-8-4-3-7-11(12)13/h3-10H,1-2H3;1-8H. The molecule has 1 aliphatic rings. The maximum atomic E-state index is 12.1. The van der Waals surface area contributed by atoms with Gasteiger partial charge >= 0.3 is 0 Å². The van der Waals surface area contributed by atoms with Crippen LogP contribution in [-0.4, -0.2) is 25.8 Å². The lowest BCUT2D eigenvalue weighted by Crippen LogP contribution is -2.20. The zero-order valence-electron chi connectivity index (χ0n) is 18.9. The van der Waals surface area contributed by atoms with Gasteiger partial charge in [0.2, 0.25) is 0 Å². The molecular weight excluding hydrogens is 424 g/mol. The Kier molecular flexibility index (Phi) is 5.56. The molecule has 34 heavy (non-hydrogen) atoms. The predicted molar refractivity (Wildman–Crippen MR) is 134 cm³/mol. The predicted octanol–water partition coefficient (Wildman–Crippen LogP) is 6.47. The van der Waals surface area contributed by atoms with Crippen molar-refractivity contribution in [2.24, 2.45) is 0 Å². The number of fused-ring (bicyclic) bond motifs is 4. The van der Waals surface area contributed by atoms with E-state index < -0.39 is 0 Å². The Morgan fingerprint density at radius 2 is 0.647 bits per heavy atom. The second-order valence-electron chi connectivity index (χ2n) is 7.91. The number of methoxy groups -OCH3 is 2. The first kappa shape index (κ1) is 21.4. The van der Waals surface area contributed by atoms with Crippen molar-refractivity contribution in [1.82, 2.24) is 0 Å². The summed E-state index contributed by atoms with van der Waals surface area (Å²) in [6.45, 7) is 0. The number of hydrogen-bond acceptors (Lipinski definition) is 4. The minimum absolute atomic E-state index is 0.0641. The molecule has 0 N–H and O–H groups in total. The van der Waals surface area contributed by atoms with Crippen LogP contribution in [0, 0.1) is 0 Å².